The van der Waals surface area contributed by atoms with Crippen LogP contribution >= 0.6 is 0 Å². The molecule has 2 aliphatic carbocycles. The molecule has 0 aliphatic heterocycles. The predicted octanol–water partition coefficient (Wildman–Crippen LogP) is 2.67. The molecule has 0 spiro atoms. The monoisotopic (exact) mass is 391 g/mol. The molecule has 2 aromatic carbocycles. The lowest BCUT2D eigenvalue weighted by Gasteiger charge is -2.28. The number of hydrogen-bond donors (Lipinski definition) is 1. The summed E-state index contributed by atoms with van der Waals surface area (Å²) in [7, 11) is 2.86. The van der Waals surface area contributed by atoms with Crippen molar-refractivity contribution in [1.82, 2.24) is 4.90 Å². The normalized spacial score (nSPS) is 14.8. The zero-order valence-corrected chi connectivity index (χ0v) is 16.2. The number of fused-ring (bicyclic) bond motifs is 5. The number of carbonyl (C=O) groups excluding carboxylic acids is 1. The SMILES string of the molecule is COC(=O)N(C)C(COC(=O)O)C1=CCc2c(ccc3c4c(ccc23)=CC=C4)=C1. The van der Waals surface area contributed by atoms with E-state index in [1.165, 1.54) is 39.1 Å². The Labute approximate surface area is 167 Å². The molecule has 4 rings (SSSR count). The number of nitrogens with zero attached hydrogens (tertiary/aromatic N) is 1. The summed E-state index contributed by atoms with van der Waals surface area (Å²) in [6.07, 6.45) is 9.05. The first-order valence-electron chi connectivity index (χ1n) is 9.31. The second kappa shape index (κ2) is 7.47. The number of likely N-dealkylation sites (N-methyl/N-ethyl adjacent to an activating group) is 1. The van der Waals surface area contributed by atoms with Gasteiger partial charge in [0.05, 0.1) is 13.2 Å². The van der Waals surface area contributed by atoms with Gasteiger partial charge < -0.3 is 19.5 Å². The molecule has 0 radical (unpaired) electrons. The van der Waals surface area contributed by atoms with Crippen LogP contribution in [0.3, 0.4) is 0 Å². The molecule has 0 fully saturated rings. The van der Waals surface area contributed by atoms with E-state index in [9.17, 15) is 9.59 Å². The Balaban J connectivity index is 1.75. The summed E-state index contributed by atoms with van der Waals surface area (Å²) >= 11 is 0. The van der Waals surface area contributed by atoms with E-state index in [0.29, 0.717) is 6.42 Å². The third-order valence-electron chi connectivity index (χ3n) is 5.51. The summed E-state index contributed by atoms with van der Waals surface area (Å²) in [6.45, 7) is -0.166. The highest BCUT2D eigenvalue weighted by molar-refractivity contribution is 5.96. The van der Waals surface area contributed by atoms with Gasteiger partial charge in [-0.25, -0.2) is 9.59 Å². The molecule has 1 N–H and O–H groups in total. The van der Waals surface area contributed by atoms with Crippen LogP contribution in [0.2, 0.25) is 0 Å². The van der Waals surface area contributed by atoms with Crippen molar-refractivity contribution in [2.75, 3.05) is 20.8 Å². The summed E-state index contributed by atoms with van der Waals surface area (Å²) in [5.74, 6) is 0. The van der Waals surface area contributed by atoms with Gasteiger partial charge in [-0.15, -0.1) is 0 Å². The van der Waals surface area contributed by atoms with E-state index in [0.717, 1.165) is 10.8 Å². The lowest BCUT2D eigenvalue weighted by atomic mass is 9.90. The van der Waals surface area contributed by atoms with Gasteiger partial charge in [-0.05, 0) is 50.4 Å². The fourth-order valence-electron chi connectivity index (χ4n) is 4.01. The largest absolute Gasteiger partial charge is 0.505 e. The first kappa shape index (κ1) is 18.8. The van der Waals surface area contributed by atoms with Gasteiger partial charge in [0.25, 0.3) is 0 Å². The molecule has 29 heavy (non-hydrogen) atoms. The number of benzene rings is 2. The van der Waals surface area contributed by atoms with E-state index in [2.05, 4.69) is 42.5 Å². The fourth-order valence-corrected chi connectivity index (χ4v) is 4.01. The molecular weight excluding hydrogens is 370 g/mol. The Morgan fingerprint density at radius 1 is 1.17 bits per heavy atom. The van der Waals surface area contributed by atoms with Gasteiger partial charge in [-0.3, -0.25) is 0 Å². The zero-order valence-electron chi connectivity index (χ0n) is 16.2. The second-order valence-electron chi connectivity index (χ2n) is 7.05. The minimum absolute atomic E-state index is 0.166. The number of amides is 1. The van der Waals surface area contributed by atoms with E-state index in [1.807, 2.05) is 12.2 Å². The van der Waals surface area contributed by atoms with Crippen LogP contribution in [-0.2, 0) is 15.9 Å². The Hall–Kier alpha value is -3.54. The van der Waals surface area contributed by atoms with Crippen molar-refractivity contribution in [3.8, 4) is 0 Å². The Morgan fingerprint density at radius 3 is 2.69 bits per heavy atom. The van der Waals surface area contributed by atoms with Gasteiger partial charge in [0, 0.05) is 7.05 Å². The summed E-state index contributed by atoms with van der Waals surface area (Å²) in [6, 6.07) is 7.90. The van der Waals surface area contributed by atoms with Crippen molar-refractivity contribution in [1.29, 1.82) is 0 Å². The van der Waals surface area contributed by atoms with Crippen molar-refractivity contribution in [2.45, 2.75) is 12.5 Å². The number of methoxy groups -OCH3 is 1. The van der Waals surface area contributed by atoms with Crippen molar-refractivity contribution in [3.63, 3.8) is 0 Å². The first-order valence-corrected chi connectivity index (χ1v) is 9.31. The Kier molecular flexibility index (Phi) is 4.84. The molecule has 1 unspecified atom stereocenters. The highest BCUT2D eigenvalue weighted by Gasteiger charge is 2.26. The topological polar surface area (TPSA) is 76.1 Å². The highest BCUT2D eigenvalue weighted by atomic mass is 16.7. The molecule has 6 nitrogen and oxygen atoms in total. The number of hydrogen-bond acceptors (Lipinski definition) is 4. The van der Waals surface area contributed by atoms with Gasteiger partial charge >= 0.3 is 12.2 Å². The number of carboxylic acid groups (broad SMARTS) is 1. The number of carbonyl (C=O) groups is 2. The summed E-state index contributed by atoms with van der Waals surface area (Å²) in [5, 5.41) is 13.6. The molecule has 2 aromatic rings. The van der Waals surface area contributed by atoms with Gasteiger partial charge in [0.1, 0.15) is 6.61 Å². The average molecular weight is 391 g/mol. The van der Waals surface area contributed by atoms with Gasteiger partial charge in [0.2, 0.25) is 0 Å². The maximum Gasteiger partial charge on any atom is 0.505 e. The number of allylic oxidation sites excluding steroid dienone is 2. The quantitative estimate of drug-likeness (QED) is 0.811. The predicted molar refractivity (Wildman–Crippen MR) is 111 cm³/mol. The standard InChI is InChI=1S/C23H21NO5/c1-24(22(25)28-2)21(13-29-23(26)27)16-8-9-18-15(12-16)7-11-19-17-5-3-4-14(17)6-10-20(18)19/h3-8,10-12,21H,9,13H2,1-2H3,(H,26,27). The van der Waals surface area contributed by atoms with Crippen LogP contribution < -0.4 is 10.4 Å². The molecule has 0 heterocycles. The molecule has 6 heteroatoms. The third-order valence-corrected chi connectivity index (χ3v) is 5.51. The second-order valence-corrected chi connectivity index (χ2v) is 7.05. The summed E-state index contributed by atoms with van der Waals surface area (Å²) < 4.78 is 9.57. The van der Waals surface area contributed by atoms with E-state index in [1.54, 1.807) is 7.05 Å². The molecule has 0 bridgehead atoms. The summed E-state index contributed by atoms with van der Waals surface area (Å²) in [5.41, 5.74) is 3.27. The zero-order chi connectivity index (χ0) is 20.5. The Morgan fingerprint density at radius 2 is 1.93 bits per heavy atom. The number of ether oxygens (including phenoxy) is 2. The van der Waals surface area contributed by atoms with Crippen molar-refractivity contribution >= 4 is 41.2 Å². The molecule has 0 aromatic heterocycles. The van der Waals surface area contributed by atoms with Gasteiger partial charge in [-0.2, -0.15) is 0 Å². The Bertz CT molecular complexity index is 1190. The molecule has 1 atom stereocenters. The highest BCUT2D eigenvalue weighted by Crippen LogP contribution is 2.25. The van der Waals surface area contributed by atoms with Crippen LogP contribution in [-0.4, -0.2) is 49.1 Å². The average Bonchev–Trinajstić information content (AvgIpc) is 3.21. The van der Waals surface area contributed by atoms with Crippen LogP contribution in [0.25, 0.3) is 29.0 Å². The van der Waals surface area contributed by atoms with Crippen LogP contribution in [0.4, 0.5) is 9.59 Å². The molecule has 148 valence electrons. The lowest BCUT2D eigenvalue weighted by molar-refractivity contribution is 0.0646. The van der Waals surface area contributed by atoms with Crippen molar-refractivity contribution in [3.05, 3.63) is 63.6 Å². The van der Waals surface area contributed by atoms with Crippen LogP contribution in [0, 0.1) is 0 Å². The minimum atomic E-state index is -1.38. The van der Waals surface area contributed by atoms with Gasteiger partial charge in [0.15, 0.2) is 0 Å². The smallest absolute Gasteiger partial charge is 0.453 e. The maximum atomic E-state index is 12.0. The van der Waals surface area contributed by atoms with Crippen LogP contribution in [0.15, 0.2) is 42.0 Å². The van der Waals surface area contributed by atoms with Crippen LogP contribution in [0.1, 0.15) is 11.1 Å². The van der Waals surface area contributed by atoms with E-state index < -0.39 is 18.3 Å². The molecule has 0 saturated heterocycles. The van der Waals surface area contributed by atoms with Crippen molar-refractivity contribution < 1.29 is 24.2 Å². The third kappa shape index (κ3) is 3.38. The van der Waals surface area contributed by atoms with Gasteiger partial charge in [-0.1, -0.05) is 48.6 Å². The molecule has 1 amide bonds. The fraction of sp³-hybridized carbons (Fsp3) is 0.217. The number of rotatable bonds is 4. The maximum absolute atomic E-state index is 12.0. The molecular formula is C23H21NO5. The molecule has 2 aliphatic rings. The van der Waals surface area contributed by atoms with E-state index >= 15 is 0 Å². The summed E-state index contributed by atoms with van der Waals surface area (Å²) in [4.78, 5) is 24.3. The lowest BCUT2D eigenvalue weighted by Crippen LogP contribution is -2.42. The van der Waals surface area contributed by atoms with E-state index in [-0.39, 0.29) is 6.61 Å². The minimum Gasteiger partial charge on any atom is -0.453 e. The van der Waals surface area contributed by atoms with Crippen molar-refractivity contribution in [2.24, 2.45) is 0 Å². The van der Waals surface area contributed by atoms with E-state index in [4.69, 9.17) is 14.6 Å². The van der Waals surface area contributed by atoms with Crippen LogP contribution in [0.5, 0.6) is 0 Å². The first-order chi connectivity index (χ1) is 14.0. The molecule has 0 saturated carbocycles.